The average molecular weight is 410 g/mol. The Kier molecular flexibility index (Phi) is 5.51. The lowest BCUT2D eigenvalue weighted by Gasteiger charge is -2.24. The number of hydrogen-bond acceptors (Lipinski definition) is 6. The molecule has 4 rings (SSSR count). The van der Waals surface area contributed by atoms with E-state index in [0.29, 0.717) is 23.6 Å². The fourth-order valence-electron chi connectivity index (χ4n) is 3.27. The van der Waals surface area contributed by atoms with Gasteiger partial charge in [-0.3, -0.25) is 9.69 Å². The molecular weight excluding hydrogens is 386 g/mol. The molecule has 0 aliphatic carbocycles. The van der Waals surface area contributed by atoms with Crippen LogP contribution in [0.5, 0.6) is 5.75 Å². The predicted octanol–water partition coefficient (Wildman–Crippen LogP) is 4.84. The summed E-state index contributed by atoms with van der Waals surface area (Å²) in [6.07, 6.45) is 1.60. The van der Waals surface area contributed by atoms with Gasteiger partial charge in [-0.25, -0.2) is 4.98 Å². The number of rotatable bonds is 7. The number of fused-ring (bicyclic) bond motifs is 1. The first-order chi connectivity index (χ1) is 14.1. The monoisotopic (exact) mass is 409 g/mol. The van der Waals surface area contributed by atoms with Crippen LogP contribution in [0.15, 0.2) is 57.3 Å². The van der Waals surface area contributed by atoms with E-state index in [4.69, 9.17) is 14.1 Å². The van der Waals surface area contributed by atoms with Crippen molar-refractivity contribution in [2.45, 2.75) is 26.4 Å². The summed E-state index contributed by atoms with van der Waals surface area (Å²) in [6.45, 7) is 5.40. The largest absolute Gasteiger partial charge is 0.494 e. The van der Waals surface area contributed by atoms with Gasteiger partial charge in [0, 0.05) is 17.5 Å². The smallest absolute Gasteiger partial charge is 0.260 e. The summed E-state index contributed by atoms with van der Waals surface area (Å²) in [5, 5.41) is 2.50. The number of H-pyrrole nitrogens is 1. The number of benzene rings is 1. The minimum atomic E-state index is -0.140. The standard InChI is InChI=1S/C22H23N3O3S/c1-4-27-16-9-7-15(8-10-16)12-25(3)14(2)20-23-21(26)19-17(13-29-22(19)24-20)18-6-5-11-28-18/h5-11,13-14H,4,12H2,1-3H3,(H,23,24,26). The quantitative estimate of drug-likeness (QED) is 0.473. The molecule has 29 heavy (non-hydrogen) atoms. The van der Waals surface area contributed by atoms with Crippen LogP contribution in [0.4, 0.5) is 0 Å². The van der Waals surface area contributed by atoms with Gasteiger partial charge in [0.25, 0.3) is 5.56 Å². The first-order valence-electron chi connectivity index (χ1n) is 9.54. The molecule has 0 spiro atoms. The zero-order valence-electron chi connectivity index (χ0n) is 16.6. The number of aromatic amines is 1. The summed E-state index contributed by atoms with van der Waals surface area (Å²) < 4.78 is 11.0. The first kappa shape index (κ1) is 19.4. The molecule has 0 aliphatic rings. The van der Waals surface area contributed by atoms with Crippen molar-refractivity contribution < 1.29 is 9.15 Å². The second-order valence-electron chi connectivity index (χ2n) is 6.93. The lowest BCUT2D eigenvalue weighted by molar-refractivity contribution is 0.244. The Bertz CT molecular complexity index is 1150. The summed E-state index contributed by atoms with van der Waals surface area (Å²) in [5.74, 6) is 2.20. The molecule has 7 heteroatoms. The summed E-state index contributed by atoms with van der Waals surface area (Å²) in [6, 6.07) is 11.7. The molecule has 4 aromatic rings. The van der Waals surface area contributed by atoms with E-state index in [2.05, 4.69) is 22.0 Å². The SMILES string of the molecule is CCOc1ccc(CN(C)C(C)c2nc3scc(-c4ccco4)c3c(=O)[nH]2)cc1. The topological polar surface area (TPSA) is 71.4 Å². The molecule has 0 radical (unpaired) electrons. The van der Waals surface area contributed by atoms with Gasteiger partial charge in [-0.2, -0.15) is 0 Å². The number of hydrogen-bond donors (Lipinski definition) is 1. The Hall–Kier alpha value is -2.90. The van der Waals surface area contributed by atoms with E-state index < -0.39 is 0 Å². The van der Waals surface area contributed by atoms with Crippen molar-refractivity contribution in [2.75, 3.05) is 13.7 Å². The fourth-order valence-corrected chi connectivity index (χ4v) is 4.20. The van der Waals surface area contributed by atoms with Crippen LogP contribution in [0.25, 0.3) is 21.5 Å². The molecule has 0 amide bonds. The second kappa shape index (κ2) is 8.23. The highest BCUT2D eigenvalue weighted by Crippen LogP contribution is 2.31. The number of nitrogens with one attached hydrogen (secondary N) is 1. The number of furan rings is 1. The molecule has 3 aromatic heterocycles. The second-order valence-corrected chi connectivity index (χ2v) is 7.78. The fraction of sp³-hybridized carbons (Fsp3) is 0.273. The Morgan fingerprint density at radius 3 is 2.76 bits per heavy atom. The van der Waals surface area contributed by atoms with Crippen LogP contribution < -0.4 is 10.3 Å². The third-order valence-electron chi connectivity index (χ3n) is 4.97. The van der Waals surface area contributed by atoms with Crippen molar-refractivity contribution >= 4 is 21.6 Å². The third-order valence-corrected chi connectivity index (χ3v) is 5.84. The van der Waals surface area contributed by atoms with Crippen LogP contribution in [0.1, 0.15) is 31.3 Å². The molecular formula is C22H23N3O3S. The molecule has 1 N–H and O–H groups in total. The number of ether oxygens (including phenoxy) is 1. The number of nitrogens with zero attached hydrogens (tertiary/aromatic N) is 2. The van der Waals surface area contributed by atoms with Crippen LogP contribution >= 0.6 is 11.3 Å². The molecule has 0 saturated carbocycles. The lowest BCUT2D eigenvalue weighted by Crippen LogP contribution is -2.25. The highest BCUT2D eigenvalue weighted by Gasteiger charge is 2.19. The van der Waals surface area contributed by atoms with E-state index in [1.54, 1.807) is 6.26 Å². The van der Waals surface area contributed by atoms with Crippen LogP contribution in [-0.4, -0.2) is 28.5 Å². The van der Waals surface area contributed by atoms with Crippen LogP contribution in [0.2, 0.25) is 0 Å². The van der Waals surface area contributed by atoms with E-state index in [-0.39, 0.29) is 11.6 Å². The molecule has 150 valence electrons. The molecule has 1 unspecified atom stereocenters. The minimum Gasteiger partial charge on any atom is -0.494 e. The molecule has 0 aliphatic heterocycles. The zero-order chi connectivity index (χ0) is 20.4. The van der Waals surface area contributed by atoms with Crippen LogP contribution in [0.3, 0.4) is 0 Å². The van der Waals surface area contributed by atoms with Crippen molar-refractivity contribution in [1.82, 2.24) is 14.9 Å². The van der Waals surface area contributed by atoms with Crippen molar-refractivity contribution in [2.24, 2.45) is 0 Å². The van der Waals surface area contributed by atoms with Gasteiger partial charge in [0.05, 0.1) is 24.3 Å². The van der Waals surface area contributed by atoms with E-state index in [0.717, 1.165) is 22.7 Å². The maximum atomic E-state index is 12.8. The first-order valence-corrected chi connectivity index (χ1v) is 10.4. The summed E-state index contributed by atoms with van der Waals surface area (Å²) >= 11 is 1.46. The molecule has 0 fully saturated rings. The lowest BCUT2D eigenvalue weighted by atomic mass is 10.1. The van der Waals surface area contributed by atoms with Crippen molar-refractivity contribution in [3.8, 4) is 17.1 Å². The zero-order valence-corrected chi connectivity index (χ0v) is 17.5. The maximum Gasteiger partial charge on any atom is 0.260 e. The number of thiophene rings is 1. The molecule has 0 saturated heterocycles. The van der Waals surface area contributed by atoms with Gasteiger partial charge in [-0.15, -0.1) is 11.3 Å². The Labute approximate surface area is 172 Å². The van der Waals surface area contributed by atoms with Crippen LogP contribution in [-0.2, 0) is 6.54 Å². The van der Waals surface area contributed by atoms with Gasteiger partial charge in [0.1, 0.15) is 22.2 Å². The Balaban J connectivity index is 1.56. The highest BCUT2D eigenvalue weighted by molar-refractivity contribution is 7.17. The average Bonchev–Trinajstić information content (AvgIpc) is 3.38. The van der Waals surface area contributed by atoms with E-state index in [1.807, 2.05) is 50.5 Å². The van der Waals surface area contributed by atoms with Gasteiger partial charge in [-0.1, -0.05) is 12.1 Å². The van der Waals surface area contributed by atoms with Gasteiger partial charge < -0.3 is 14.1 Å². The number of aromatic nitrogens is 2. The normalized spacial score (nSPS) is 12.6. The molecule has 0 bridgehead atoms. The van der Waals surface area contributed by atoms with Gasteiger partial charge >= 0.3 is 0 Å². The van der Waals surface area contributed by atoms with Gasteiger partial charge in [-0.05, 0) is 50.7 Å². The molecule has 6 nitrogen and oxygen atoms in total. The van der Waals surface area contributed by atoms with E-state index >= 15 is 0 Å². The summed E-state index contributed by atoms with van der Waals surface area (Å²) in [5.41, 5.74) is 1.81. The Morgan fingerprint density at radius 1 is 1.28 bits per heavy atom. The van der Waals surface area contributed by atoms with E-state index in [9.17, 15) is 4.79 Å². The highest BCUT2D eigenvalue weighted by atomic mass is 32.1. The predicted molar refractivity (Wildman–Crippen MR) is 115 cm³/mol. The Morgan fingerprint density at radius 2 is 2.07 bits per heavy atom. The third kappa shape index (κ3) is 3.97. The maximum absolute atomic E-state index is 12.8. The van der Waals surface area contributed by atoms with E-state index in [1.165, 1.54) is 16.9 Å². The van der Waals surface area contributed by atoms with Crippen molar-refractivity contribution in [1.29, 1.82) is 0 Å². The van der Waals surface area contributed by atoms with Gasteiger partial charge in [0.15, 0.2) is 0 Å². The molecule has 3 heterocycles. The summed E-state index contributed by atoms with van der Waals surface area (Å²) in [4.78, 5) is 23.4. The molecule has 1 atom stereocenters. The van der Waals surface area contributed by atoms with Crippen molar-refractivity contribution in [3.63, 3.8) is 0 Å². The summed E-state index contributed by atoms with van der Waals surface area (Å²) in [7, 11) is 2.02. The van der Waals surface area contributed by atoms with Crippen LogP contribution in [0, 0.1) is 0 Å². The minimum absolute atomic E-state index is 0.0483. The van der Waals surface area contributed by atoms with Gasteiger partial charge in [0.2, 0.25) is 0 Å². The van der Waals surface area contributed by atoms with Crippen molar-refractivity contribution in [3.05, 3.63) is 69.8 Å². The molecule has 1 aromatic carbocycles.